The molecule has 2 heterocycles. The molecule has 1 aliphatic carbocycles. The molecule has 1 amide bonds. The molecule has 1 aliphatic heterocycles. The van der Waals surface area contributed by atoms with Crippen LogP contribution in [0.15, 0.2) is 18.7 Å². The van der Waals surface area contributed by atoms with E-state index < -0.39 is 11.7 Å². The van der Waals surface area contributed by atoms with E-state index >= 15 is 0 Å². The summed E-state index contributed by atoms with van der Waals surface area (Å²) in [6.07, 6.45) is 5.54. The highest BCUT2D eigenvalue weighted by atomic mass is 16.6. The SMILES string of the molecule is CC(C)(C)OC(=O)N1C[C@H]2CC(n3ccnc3)C(O)[C@H]2C1. The molecule has 0 bridgehead atoms. The Morgan fingerprint density at radius 2 is 2.14 bits per heavy atom. The third kappa shape index (κ3) is 2.77. The Kier molecular flexibility index (Phi) is 3.43. The molecule has 116 valence electrons. The van der Waals surface area contributed by atoms with E-state index in [1.54, 1.807) is 17.4 Å². The van der Waals surface area contributed by atoms with Gasteiger partial charge in [0, 0.05) is 31.4 Å². The highest BCUT2D eigenvalue weighted by Crippen LogP contribution is 2.44. The summed E-state index contributed by atoms with van der Waals surface area (Å²) in [5.74, 6) is 0.463. The van der Waals surface area contributed by atoms with Crippen LogP contribution in [0.3, 0.4) is 0 Å². The fraction of sp³-hybridized carbons (Fsp3) is 0.733. The van der Waals surface area contributed by atoms with E-state index in [1.807, 2.05) is 31.5 Å². The van der Waals surface area contributed by atoms with Crippen molar-refractivity contribution in [2.45, 2.75) is 44.9 Å². The number of aromatic nitrogens is 2. The third-order valence-corrected chi connectivity index (χ3v) is 4.43. The number of fused-ring (bicyclic) bond motifs is 1. The molecule has 2 aliphatic rings. The molecule has 6 heteroatoms. The maximum Gasteiger partial charge on any atom is 0.410 e. The summed E-state index contributed by atoms with van der Waals surface area (Å²) in [4.78, 5) is 17.9. The van der Waals surface area contributed by atoms with Crippen LogP contribution in [0.2, 0.25) is 0 Å². The van der Waals surface area contributed by atoms with Crippen LogP contribution in [0.1, 0.15) is 33.2 Å². The molecule has 21 heavy (non-hydrogen) atoms. The van der Waals surface area contributed by atoms with E-state index in [-0.39, 0.29) is 18.1 Å². The molecule has 1 saturated heterocycles. The molecular formula is C15H23N3O3. The fourth-order valence-electron chi connectivity index (χ4n) is 3.51. The van der Waals surface area contributed by atoms with Crippen LogP contribution >= 0.6 is 0 Å². The normalized spacial score (nSPS) is 32.3. The van der Waals surface area contributed by atoms with Crippen molar-refractivity contribution in [2.24, 2.45) is 11.8 Å². The van der Waals surface area contributed by atoms with Crippen molar-refractivity contribution in [1.29, 1.82) is 0 Å². The Labute approximate surface area is 124 Å². The molecule has 0 radical (unpaired) electrons. The largest absolute Gasteiger partial charge is 0.444 e. The lowest BCUT2D eigenvalue weighted by Gasteiger charge is -2.26. The number of amides is 1. The van der Waals surface area contributed by atoms with Gasteiger partial charge in [-0.05, 0) is 33.1 Å². The van der Waals surface area contributed by atoms with E-state index in [0.717, 1.165) is 6.42 Å². The van der Waals surface area contributed by atoms with Crippen LogP contribution in [0.5, 0.6) is 0 Å². The number of hydrogen-bond acceptors (Lipinski definition) is 4. The van der Waals surface area contributed by atoms with Crippen LogP contribution in [-0.4, -0.2) is 50.4 Å². The minimum absolute atomic E-state index is 0.0725. The van der Waals surface area contributed by atoms with E-state index in [1.165, 1.54) is 0 Å². The lowest BCUT2D eigenvalue weighted by Crippen LogP contribution is -2.37. The molecule has 4 atom stereocenters. The summed E-state index contributed by atoms with van der Waals surface area (Å²) in [5, 5.41) is 10.5. The number of imidazole rings is 1. The molecule has 2 unspecified atom stereocenters. The van der Waals surface area contributed by atoms with Crippen LogP contribution in [0.25, 0.3) is 0 Å². The third-order valence-electron chi connectivity index (χ3n) is 4.43. The van der Waals surface area contributed by atoms with E-state index in [9.17, 15) is 9.90 Å². The molecule has 2 fully saturated rings. The molecule has 3 rings (SSSR count). The number of carbonyl (C=O) groups is 1. The first-order chi connectivity index (χ1) is 9.85. The lowest BCUT2D eigenvalue weighted by atomic mass is 9.99. The van der Waals surface area contributed by atoms with E-state index in [4.69, 9.17) is 4.74 Å². The second-order valence-electron chi connectivity index (χ2n) is 7.11. The number of likely N-dealkylation sites (tertiary alicyclic amines) is 1. The van der Waals surface area contributed by atoms with Gasteiger partial charge in [0.05, 0.1) is 18.5 Å². The molecule has 0 spiro atoms. The highest BCUT2D eigenvalue weighted by molar-refractivity contribution is 5.68. The van der Waals surface area contributed by atoms with E-state index in [2.05, 4.69) is 4.98 Å². The standard InChI is InChI=1S/C15H23N3O3/c1-15(2,3)21-14(20)18-7-10-6-12(13(19)11(10)8-18)17-5-4-16-9-17/h4-5,9-13,19H,6-8H2,1-3H3/t10-,11+,12?,13?/m1/s1. The van der Waals surface area contributed by atoms with Gasteiger partial charge in [0.1, 0.15) is 5.60 Å². The van der Waals surface area contributed by atoms with Gasteiger partial charge in [0.2, 0.25) is 0 Å². The molecule has 1 aromatic heterocycles. The quantitative estimate of drug-likeness (QED) is 0.855. The monoisotopic (exact) mass is 293 g/mol. The Bertz CT molecular complexity index is 509. The predicted octanol–water partition coefficient (Wildman–Crippen LogP) is 1.67. The summed E-state index contributed by atoms with van der Waals surface area (Å²) in [5.41, 5.74) is -0.479. The Morgan fingerprint density at radius 1 is 1.38 bits per heavy atom. The summed E-state index contributed by atoms with van der Waals surface area (Å²) in [7, 11) is 0. The number of nitrogens with zero attached hydrogens (tertiary/aromatic N) is 3. The zero-order valence-electron chi connectivity index (χ0n) is 12.8. The number of hydrogen-bond donors (Lipinski definition) is 1. The van der Waals surface area contributed by atoms with Crippen molar-refractivity contribution >= 4 is 6.09 Å². The summed E-state index contributed by atoms with van der Waals surface area (Å²) in [6.45, 7) is 6.84. The number of aliphatic hydroxyl groups excluding tert-OH is 1. The summed E-state index contributed by atoms with van der Waals surface area (Å²) >= 11 is 0. The molecule has 1 saturated carbocycles. The maximum absolute atomic E-state index is 12.1. The second-order valence-corrected chi connectivity index (χ2v) is 7.11. The van der Waals surface area contributed by atoms with Gasteiger partial charge in [-0.15, -0.1) is 0 Å². The van der Waals surface area contributed by atoms with Crippen LogP contribution in [0, 0.1) is 11.8 Å². The van der Waals surface area contributed by atoms with Gasteiger partial charge >= 0.3 is 6.09 Å². The number of ether oxygens (including phenoxy) is 1. The van der Waals surface area contributed by atoms with Crippen molar-refractivity contribution in [3.63, 3.8) is 0 Å². The molecule has 1 N–H and O–H groups in total. The maximum atomic E-state index is 12.1. The van der Waals surface area contributed by atoms with Crippen molar-refractivity contribution in [3.05, 3.63) is 18.7 Å². The first-order valence-electron chi connectivity index (χ1n) is 7.48. The average Bonchev–Trinajstić information content (AvgIpc) is 3.05. The van der Waals surface area contributed by atoms with Crippen molar-refractivity contribution in [3.8, 4) is 0 Å². The fourth-order valence-corrected chi connectivity index (χ4v) is 3.51. The Balaban J connectivity index is 1.64. The first-order valence-corrected chi connectivity index (χ1v) is 7.48. The Morgan fingerprint density at radius 3 is 2.71 bits per heavy atom. The molecule has 6 nitrogen and oxygen atoms in total. The molecule has 1 aromatic rings. The van der Waals surface area contributed by atoms with Gasteiger partial charge in [-0.25, -0.2) is 9.78 Å². The number of rotatable bonds is 1. The molecule has 0 aromatic carbocycles. The first kappa shape index (κ1) is 14.4. The summed E-state index contributed by atoms with van der Waals surface area (Å²) < 4.78 is 7.38. The highest BCUT2D eigenvalue weighted by Gasteiger charge is 2.49. The summed E-state index contributed by atoms with van der Waals surface area (Å²) in [6, 6.07) is 0.0725. The zero-order valence-corrected chi connectivity index (χ0v) is 12.8. The smallest absolute Gasteiger partial charge is 0.410 e. The minimum Gasteiger partial charge on any atom is -0.444 e. The van der Waals surface area contributed by atoms with Gasteiger partial charge in [0.15, 0.2) is 0 Å². The zero-order chi connectivity index (χ0) is 15.2. The predicted molar refractivity (Wildman–Crippen MR) is 76.7 cm³/mol. The average molecular weight is 293 g/mol. The van der Waals surface area contributed by atoms with Gasteiger partial charge in [-0.2, -0.15) is 0 Å². The Hall–Kier alpha value is -1.56. The van der Waals surface area contributed by atoms with Crippen molar-refractivity contribution in [2.75, 3.05) is 13.1 Å². The van der Waals surface area contributed by atoms with Crippen LogP contribution in [-0.2, 0) is 4.74 Å². The lowest BCUT2D eigenvalue weighted by molar-refractivity contribution is 0.0246. The minimum atomic E-state index is -0.479. The second kappa shape index (κ2) is 5.02. The van der Waals surface area contributed by atoms with Crippen LogP contribution in [0.4, 0.5) is 4.79 Å². The van der Waals surface area contributed by atoms with Gasteiger partial charge in [-0.1, -0.05) is 0 Å². The van der Waals surface area contributed by atoms with Crippen LogP contribution < -0.4 is 0 Å². The molecular weight excluding hydrogens is 270 g/mol. The topological polar surface area (TPSA) is 67.6 Å². The van der Waals surface area contributed by atoms with E-state index in [0.29, 0.717) is 19.0 Å². The van der Waals surface area contributed by atoms with Gasteiger partial charge < -0.3 is 19.3 Å². The van der Waals surface area contributed by atoms with Gasteiger partial charge in [-0.3, -0.25) is 0 Å². The number of carbonyl (C=O) groups excluding carboxylic acids is 1. The van der Waals surface area contributed by atoms with Crippen molar-refractivity contribution < 1.29 is 14.6 Å². The number of aliphatic hydroxyl groups is 1. The van der Waals surface area contributed by atoms with Gasteiger partial charge in [0.25, 0.3) is 0 Å². The van der Waals surface area contributed by atoms with Crippen molar-refractivity contribution in [1.82, 2.24) is 14.5 Å².